The minimum Gasteiger partial charge on any atom is -0.476 e. The normalized spacial score (nSPS) is 10.6. The topological polar surface area (TPSA) is 66.0 Å². The Morgan fingerprint density at radius 3 is 2.89 bits per heavy atom. The van der Waals surface area contributed by atoms with Crippen molar-refractivity contribution in [2.45, 2.75) is 18.5 Å². The third kappa shape index (κ3) is 2.73. The molecule has 2 aromatic rings. The third-order valence-corrected chi connectivity index (χ3v) is 3.20. The van der Waals surface area contributed by atoms with Crippen molar-refractivity contribution in [3.63, 3.8) is 0 Å². The zero-order valence-corrected chi connectivity index (χ0v) is 11.0. The van der Waals surface area contributed by atoms with Crippen molar-refractivity contribution in [1.82, 2.24) is 9.97 Å². The molecule has 0 saturated carbocycles. The summed E-state index contributed by atoms with van der Waals surface area (Å²) in [7, 11) is 0. The van der Waals surface area contributed by atoms with Gasteiger partial charge in [-0.1, -0.05) is 41.6 Å². The summed E-state index contributed by atoms with van der Waals surface area (Å²) in [6, 6.07) is 8.02. The highest BCUT2D eigenvalue weighted by Crippen LogP contribution is 2.18. The number of nitrogens with zero attached hydrogens (tertiary/aromatic N) is 1. The number of carbonyl (C=O) groups is 1. The van der Waals surface area contributed by atoms with E-state index in [0.717, 1.165) is 11.1 Å². The molecule has 2 rings (SSSR count). The summed E-state index contributed by atoms with van der Waals surface area (Å²) in [6.07, 6.45) is 2.41. The molecule has 0 spiro atoms. The summed E-state index contributed by atoms with van der Waals surface area (Å²) in [5.74, 6) is -0.991. The number of carboxylic acid groups (broad SMARTS) is 1. The second kappa shape index (κ2) is 5.27. The van der Waals surface area contributed by atoms with Crippen LogP contribution >= 0.6 is 11.8 Å². The first-order valence-corrected chi connectivity index (χ1v) is 6.74. The van der Waals surface area contributed by atoms with Gasteiger partial charge in [0, 0.05) is 6.42 Å². The number of thioether (sulfide) groups is 1. The van der Waals surface area contributed by atoms with E-state index in [9.17, 15) is 4.79 Å². The number of carboxylic acids is 1. The first kappa shape index (κ1) is 12.7. The Hall–Kier alpha value is -1.75. The van der Waals surface area contributed by atoms with Gasteiger partial charge >= 0.3 is 5.97 Å². The fraction of sp³-hybridized carbons (Fsp3) is 0.231. The lowest BCUT2D eigenvalue weighted by molar-refractivity contribution is 0.0689. The van der Waals surface area contributed by atoms with E-state index < -0.39 is 5.97 Å². The second-order valence-electron chi connectivity index (χ2n) is 4.04. The molecule has 0 atom stereocenters. The molecule has 1 aromatic heterocycles. The fourth-order valence-corrected chi connectivity index (χ4v) is 2.22. The van der Waals surface area contributed by atoms with E-state index in [-0.39, 0.29) is 5.69 Å². The van der Waals surface area contributed by atoms with Crippen LogP contribution in [0.1, 0.15) is 27.3 Å². The average molecular weight is 262 g/mol. The Morgan fingerprint density at radius 2 is 2.28 bits per heavy atom. The lowest BCUT2D eigenvalue weighted by Gasteiger charge is -2.01. The molecule has 94 valence electrons. The van der Waals surface area contributed by atoms with Crippen molar-refractivity contribution in [1.29, 1.82) is 0 Å². The Bertz CT molecular complexity index is 578. The molecule has 18 heavy (non-hydrogen) atoms. The predicted octanol–water partition coefficient (Wildman–Crippen LogP) is 2.73. The quantitative estimate of drug-likeness (QED) is 0.831. The van der Waals surface area contributed by atoms with E-state index in [1.165, 1.54) is 11.8 Å². The zero-order chi connectivity index (χ0) is 13.1. The molecule has 0 unspecified atom stereocenters. The summed E-state index contributed by atoms with van der Waals surface area (Å²) in [5, 5.41) is 9.75. The maximum atomic E-state index is 11.1. The maximum absolute atomic E-state index is 11.1. The number of H-pyrrole nitrogens is 1. The molecule has 0 aliphatic carbocycles. The van der Waals surface area contributed by atoms with Crippen LogP contribution < -0.4 is 0 Å². The van der Waals surface area contributed by atoms with Crippen LogP contribution in [0.4, 0.5) is 0 Å². The summed E-state index contributed by atoms with van der Waals surface area (Å²) >= 11 is 1.40. The third-order valence-electron chi connectivity index (χ3n) is 2.62. The highest BCUT2D eigenvalue weighted by molar-refractivity contribution is 7.98. The molecule has 4 nitrogen and oxygen atoms in total. The largest absolute Gasteiger partial charge is 0.476 e. The molecule has 0 aliphatic heterocycles. The first-order chi connectivity index (χ1) is 8.60. The van der Waals surface area contributed by atoms with E-state index in [1.807, 2.05) is 37.4 Å². The second-order valence-corrected chi connectivity index (χ2v) is 4.84. The van der Waals surface area contributed by atoms with Gasteiger partial charge < -0.3 is 10.1 Å². The lowest BCUT2D eigenvalue weighted by Crippen LogP contribution is -2.02. The van der Waals surface area contributed by atoms with Gasteiger partial charge in [-0.05, 0) is 18.7 Å². The molecule has 0 aliphatic rings. The van der Waals surface area contributed by atoms with Crippen LogP contribution in [0.3, 0.4) is 0 Å². The summed E-state index contributed by atoms with van der Waals surface area (Å²) in [4.78, 5) is 18.2. The molecule has 1 heterocycles. The zero-order valence-electron chi connectivity index (χ0n) is 10.2. The van der Waals surface area contributed by atoms with Crippen molar-refractivity contribution in [3.8, 4) is 0 Å². The summed E-state index contributed by atoms with van der Waals surface area (Å²) in [5.41, 5.74) is 3.00. The van der Waals surface area contributed by atoms with Crippen LogP contribution in [0, 0.1) is 6.92 Å². The van der Waals surface area contributed by atoms with Crippen LogP contribution in [0.2, 0.25) is 0 Å². The number of imidazole rings is 1. The molecular weight excluding hydrogens is 248 g/mol. The molecule has 0 bridgehead atoms. The smallest absolute Gasteiger partial charge is 0.356 e. The lowest BCUT2D eigenvalue weighted by atomic mass is 10.1. The number of aromatic nitrogens is 2. The van der Waals surface area contributed by atoms with Gasteiger partial charge in [-0.15, -0.1) is 0 Å². The van der Waals surface area contributed by atoms with Crippen LogP contribution in [-0.4, -0.2) is 27.3 Å². The van der Waals surface area contributed by atoms with Crippen LogP contribution in [0.15, 0.2) is 29.4 Å². The van der Waals surface area contributed by atoms with Gasteiger partial charge in [0.05, 0.1) is 5.69 Å². The minimum atomic E-state index is -0.991. The predicted molar refractivity (Wildman–Crippen MR) is 71.3 cm³/mol. The molecule has 0 radical (unpaired) electrons. The van der Waals surface area contributed by atoms with Gasteiger partial charge in [0.15, 0.2) is 10.9 Å². The van der Waals surface area contributed by atoms with Gasteiger partial charge in [-0.25, -0.2) is 9.78 Å². The van der Waals surface area contributed by atoms with E-state index >= 15 is 0 Å². The maximum Gasteiger partial charge on any atom is 0.356 e. The van der Waals surface area contributed by atoms with Gasteiger partial charge in [-0.2, -0.15) is 0 Å². The van der Waals surface area contributed by atoms with Crippen molar-refractivity contribution < 1.29 is 9.90 Å². The van der Waals surface area contributed by atoms with Gasteiger partial charge in [0.1, 0.15) is 0 Å². The monoisotopic (exact) mass is 262 g/mol. The van der Waals surface area contributed by atoms with Crippen molar-refractivity contribution in [2.75, 3.05) is 6.26 Å². The number of aromatic amines is 1. The highest BCUT2D eigenvalue weighted by Gasteiger charge is 2.16. The number of aryl methyl sites for hydroxylation is 1. The molecule has 0 fully saturated rings. The van der Waals surface area contributed by atoms with Gasteiger partial charge in [0.25, 0.3) is 0 Å². The Labute approximate surface area is 109 Å². The Kier molecular flexibility index (Phi) is 3.72. The molecule has 0 saturated heterocycles. The average Bonchev–Trinajstić information content (AvgIpc) is 2.72. The number of nitrogens with one attached hydrogen (secondary N) is 1. The number of hydrogen-bond acceptors (Lipinski definition) is 3. The van der Waals surface area contributed by atoms with Crippen molar-refractivity contribution in [3.05, 3.63) is 46.8 Å². The minimum absolute atomic E-state index is 0.112. The molecule has 0 amide bonds. The van der Waals surface area contributed by atoms with E-state index in [2.05, 4.69) is 9.97 Å². The molecular formula is C13H14N2O2S. The first-order valence-electron chi connectivity index (χ1n) is 5.52. The van der Waals surface area contributed by atoms with Gasteiger partial charge in [0.2, 0.25) is 0 Å². The van der Waals surface area contributed by atoms with Crippen LogP contribution in [0.25, 0.3) is 0 Å². The van der Waals surface area contributed by atoms with E-state index in [1.54, 1.807) is 0 Å². The Morgan fingerprint density at radius 1 is 1.50 bits per heavy atom. The molecule has 2 N–H and O–H groups in total. The van der Waals surface area contributed by atoms with Gasteiger partial charge in [-0.3, -0.25) is 0 Å². The van der Waals surface area contributed by atoms with Crippen LogP contribution in [-0.2, 0) is 6.42 Å². The number of rotatable bonds is 4. The fourth-order valence-electron chi connectivity index (χ4n) is 1.81. The number of aromatic carboxylic acids is 1. The SMILES string of the molecule is CSc1nc(C(=O)O)c(Cc2cccc(C)c2)[nH]1. The number of benzene rings is 1. The van der Waals surface area contributed by atoms with Crippen LogP contribution in [0.5, 0.6) is 0 Å². The number of hydrogen-bond donors (Lipinski definition) is 2. The molecule has 1 aromatic carbocycles. The van der Waals surface area contributed by atoms with Crippen molar-refractivity contribution >= 4 is 17.7 Å². The molecule has 5 heteroatoms. The van der Waals surface area contributed by atoms with Crippen molar-refractivity contribution in [2.24, 2.45) is 0 Å². The van der Waals surface area contributed by atoms with E-state index in [0.29, 0.717) is 17.3 Å². The summed E-state index contributed by atoms with van der Waals surface area (Å²) < 4.78 is 0. The summed E-state index contributed by atoms with van der Waals surface area (Å²) in [6.45, 7) is 2.02. The Balaban J connectivity index is 2.33. The highest BCUT2D eigenvalue weighted by atomic mass is 32.2. The standard InChI is InChI=1S/C13H14N2O2S/c1-8-4-3-5-9(6-8)7-10-11(12(16)17)15-13(14-10)18-2/h3-6H,7H2,1-2H3,(H,14,15)(H,16,17). The van der Waals surface area contributed by atoms with E-state index in [4.69, 9.17) is 5.11 Å².